The molecule has 6 nitrogen and oxygen atoms in total. The summed E-state index contributed by atoms with van der Waals surface area (Å²) < 4.78 is 37.1. The second-order valence-electron chi connectivity index (χ2n) is 6.26. The van der Waals surface area contributed by atoms with E-state index in [0.29, 0.717) is 12.0 Å². The van der Waals surface area contributed by atoms with Crippen molar-refractivity contribution >= 4 is 12.1 Å². The maximum Gasteiger partial charge on any atom is 0.490 e. The van der Waals surface area contributed by atoms with Crippen molar-refractivity contribution < 1.29 is 32.6 Å². The number of rotatable bonds is 0. The van der Waals surface area contributed by atoms with Gasteiger partial charge in [0.15, 0.2) is 0 Å². The Morgan fingerprint density at radius 3 is 2.23 bits per heavy atom. The van der Waals surface area contributed by atoms with Crippen LogP contribution < -0.4 is 5.32 Å². The van der Waals surface area contributed by atoms with Gasteiger partial charge in [-0.3, -0.25) is 0 Å². The number of nitrogens with one attached hydrogen (secondary N) is 1. The zero-order valence-electron chi connectivity index (χ0n) is 12.7. The second-order valence-corrected chi connectivity index (χ2v) is 6.26. The lowest BCUT2D eigenvalue weighted by Gasteiger charge is -2.50. The molecule has 2 unspecified atom stereocenters. The fourth-order valence-electron chi connectivity index (χ4n) is 2.25. The Morgan fingerprint density at radius 2 is 1.82 bits per heavy atom. The highest BCUT2D eigenvalue weighted by Gasteiger charge is 2.44. The first-order valence-corrected chi connectivity index (χ1v) is 6.92. The SMILES string of the molecule is CC(C)(C)OC(=O)N1CC2CCNCC21.O=C(O)C(F)(F)F. The van der Waals surface area contributed by atoms with Crippen LogP contribution in [0.25, 0.3) is 0 Å². The first-order valence-electron chi connectivity index (χ1n) is 6.92. The van der Waals surface area contributed by atoms with Crippen LogP contribution >= 0.6 is 0 Å². The molecule has 22 heavy (non-hydrogen) atoms. The lowest BCUT2D eigenvalue weighted by atomic mass is 9.83. The van der Waals surface area contributed by atoms with Gasteiger partial charge in [-0.2, -0.15) is 13.2 Å². The molecule has 2 fully saturated rings. The molecule has 2 atom stereocenters. The van der Waals surface area contributed by atoms with Crippen LogP contribution in [0.2, 0.25) is 0 Å². The number of nitrogens with zero attached hydrogens (tertiary/aromatic N) is 1. The Kier molecular flexibility index (Phi) is 5.66. The number of likely N-dealkylation sites (tertiary alicyclic amines) is 1. The quantitative estimate of drug-likeness (QED) is 0.710. The number of alkyl halides is 3. The smallest absolute Gasteiger partial charge is 0.475 e. The van der Waals surface area contributed by atoms with Crippen LogP contribution in [-0.4, -0.2) is 59.5 Å². The molecule has 2 aliphatic rings. The number of halogens is 3. The van der Waals surface area contributed by atoms with E-state index in [0.717, 1.165) is 19.6 Å². The number of aliphatic carboxylic acids is 1. The summed E-state index contributed by atoms with van der Waals surface area (Å²) in [7, 11) is 0. The molecule has 0 aliphatic carbocycles. The van der Waals surface area contributed by atoms with E-state index in [-0.39, 0.29) is 11.7 Å². The summed E-state index contributed by atoms with van der Waals surface area (Å²) >= 11 is 0. The van der Waals surface area contributed by atoms with Gasteiger partial charge in [-0.1, -0.05) is 0 Å². The first kappa shape index (κ1) is 18.5. The Morgan fingerprint density at radius 1 is 1.27 bits per heavy atom. The monoisotopic (exact) mass is 326 g/mol. The molecule has 2 heterocycles. The molecule has 2 saturated heterocycles. The van der Waals surface area contributed by atoms with Crippen LogP contribution in [0, 0.1) is 5.92 Å². The number of carboxylic acid groups (broad SMARTS) is 1. The second kappa shape index (κ2) is 6.72. The standard InChI is InChI=1S/C11H20N2O2.C2HF3O2/c1-11(2,3)15-10(14)13-7-8-4-5-12-6-9(8)13;3-2(4,5)1(6)7/h8-9,12H,4-7H2,1-3H3;(H,6,7). The van der Waals surface area contributed by atoms with Gasteiger partial charge in [-0.15, -0.1) is 0 Å². The summed E-state index contributed by atoms with van der Waals surface area (Å²) in [4.78, 5) is 22.5. The fraction of sp³-hybridized carbons (Fsp3) is 0.846. The van der Waals surface area contributed by atoms with E-state index in [4.69, 9.17) is 14.6 Å². The van der Waals surface area contributed by atoms with Crippen LogP contribution in [0.15, 0.2) is 0 Å². The zero-order chi connectivity index (χ0) is 17.1. The summed E-state index contributed by atoms with van der Waals surface area (Å²) in [5.41, 5.74) is -0.385. The molecule has 0 saturated carbocycles. The van der Waals surface area contributed by atoms with Crippen LogP contribution in [0.4, 0.5) is 18.0 Å². The molecule has 2 rings (SSSR count). The minimum atomic E-state index is -5.08. The molecule has 9 heteroatoms. The maximum absolute atomic E-state index is 11.8. The molecule has 0 aromatic heterocycles. The molecule has 1 amide bonds. The fourth-order valence-corrected chi connectivity index (χ4v) is 2.25. The predicted molar refractivity (Wildman–Crippen MR) is 71.4 cm³/mol. The van der Waals surface area contributed by atoms with E-state index in [1.807, 2.05) is 25.7 Å². The molecular weight excluding hydrogens is 305 g/mol. The topological polar surface area (TPSA) is 78.9 Å². The molecule has 2 N–H and O–H groups in total. The third-order valence-corrected chi connectivity index (χ3v) is 3.29. The third-order valence-electron chi connectivity index (χ3n) is 3.29. The largest absolute Gasteiger partial charge is 0.490 e. The lowest BCUT2D eigenvalue weighted by molar-refractivity contribution is -0.192. The molecule has 0 spiro atoms. The van der Waals surface area contributed by atoms with Crippen LogP contribution in [0.5, 0.6) is 0 Å². The summed E-state index contributed by atoms with van der Waals surface area (Å²) in [5, 5.41) is 10.4. The zero-order valence-corrected chi connectivity index (χ0v) is 12.7. The number of fused-ring (bicyclic) bond motifs is 1. The van der Waals surface area contributed by atoms with Crippen LogP contribution in [0.1, 0.15) is 27.2 Å². The first-order chi connectivity index (χ1) is 9.92. The van der Waals surface area contributed by atoms with E-state index in [9.17, 15) is 18.0 Å². The number of hydrogen-bond acceptors (Lipinski definition) is 4. The average Bonchev–Trinajstić information content (AvgIpc) is 2.27. The van der Waals surface area contributed by atoms with Gasteiger partial charge >= 0.3 is 18.2 Å². The molecular formula is C13H21F3N2O4. The van der Waals surface area contributed by atoms with Crippen LogP contribution in [0.3, 0.4) is 0 Å². The molecule has 128 valence electrons. The van der Waals surface area contributed by atoms with Crippen molar-refractivity contribution in [1.29, 1.82) is 0 Å². The van der Waals surface area contributed by atoms with Gasteiger partial charge < -0.3 is 20.1 Å². The highest BCUT2D eigenvalue weighted by Crippen LogP contribution is 2.30. The van der Waals surface area contributed by atoms with Crippen molar-refractivity contribution in [3.05, 3.63) is 0 Å². The number of carbonyl (C=O) groups is 2. The number of carboxylic acids is 1. The van der Waals surface area contributed by atoms with Crippen molar-refractivity contribution in [2.24, 2.45) is 5.92 Å². The third kappa shape index (κ3) is 5.36. The average molecular weight is 326 g/mol. The summed E-state index contributed by atoms with van der Waals surface area (Å²) in [6, 6.07) is 0.369. The minimum Gasteiger partial charge on any atom is -0.475 e. The number of ether oxygens (including phenoxy) is 1. The Balaban J connectivity index is 0.000000295. The highest BCUT2D eigenvalue weighted by molar-refractivity contribution is 5.73. The van der Waals surface area contributed by atoms with Crippen molar-refractivity contribution in [1.82, 2.24) is 10.2 Å². The van der Waals surface area contributed by atoms with Gasteiger partial charge in [0.1, 0.15) is 5.60 Å². The van der Waals surface area contributed by atoms with Crippen molar-refractivity contribution in [2.75, 3.05) is 19.6 Å². The van der Waals surface area contributed by atoms with E-state index >= 15 is 0 Å². The number of carbonyl (C=O) groups excluding carboxylic acids is 1. The molecule has 0 bridgehead atoms. The summed E-state index contributed by atoms with van der Waals surface area (Å²) in [6.07, 6.45) is -4.06. The van der Waals surface area contributed by atoms with Gasteiger partial charge in [-0.05, 0) is 39.7 Å². The molecule has 0 aromatic carbocycles. The number of hydrogen-bond donors (Lipinski definition) is 2. The lowest BCUT2D eigenvalue weighted by Crippen LogP contribution is -2.65. The molecule has 0 aromatic rings. The van der Waals surface area contributed by atoms with Gasteiger partial charge in [0.2, 0.25) is 0 Å². The molecule has 2 aliphatic heterocycles. The Labute approximate surface area is 126 Å². The number of amides is 1. The summed E-state index contributed by atoms with van der Waals surface area (Å²) in [6.45, 7) is 8.60. The Bertz CT molecular complexity index is 420. The van der Waals surface area contributed by atoms with Gasteiger partial charge in [-0.25, -0.2) is 9.59 Å². The van der Waals surface area contributed by atoms with E-state index < -0.39 is 12.1 Å². The molecule has 0 radical (unpaired) electrons. The minimum absolute atomic E-state index is 0.160. The van der Waals surface area contributed by atoms with Crippen LogP contribution in [-0.2, 0) is 9.53 Å². The van der Waals surface area contributed by atoms with Gasteiger partial charge in [0.25, 0.3) is 0 Å². The van der Waals surface area contributed by atoms with Gasteiger partial charge in [0.05, 0.1) is 6.04 Å². The predicted octanol–water partition coefficient (Wildman–Crippen LogP) is 1.85. The van der Waals surface area contributed by atoms with Crippen molar-refractivity contribution in [3.63, 3.8) is 0 Å². The van der Waals surface area contributed by atoms with Gasteiger partial charge in [0, 0.05) is 13.1 Å². The van der Waals surface area contributed by atoms with E-state index in [1.165, 1.54) is 6.42 Å². The Hall–Kier alpha value is -1.51. The van der Waals surface area contributed by atoms with E-state index in [2.05, 4.69) is 5.32 Å². The highest BCUT2D eigenvalue weighted by atomic mass is 19.4. The maximum atomic E-state index is 11.8. The van der Waals surface area contributed by atoms with Crippen molar-refractivity contribution in [3.8, 4) is 0 Å². The van der Waals surface area contributed by atoms with E-state index in [1.54, 1.807) is 0 Å². The van der Waals surface area contributed by atoms with Crippen molar-refractivity contribution in [2.45, 2.75) is 45.0 Å². The normalized spacial score (nSPS) is 24.4. The number of piperidine rings is 1. The summed E-state index contributed by atoms with van der Waals surface area (Å²) in [5.74, 6) is -2.06.